The average molecular weight is 449 g/mol. The predicted molar refractivity (Wildman–Crippen MR) is 120 cm³/mol. The molecule has 1 heterocycles. The summed E-state index contributed by atoms with van der Waals surface area (Å²) in [6, 6.07) is 10.2. The smallest absolute Gasteiger partial charge is 0.253 e. The number of hydrogen-bond acceptors (Lipinski definition) is 3. The maximum atomic E-state index is 13.1. The molecule has 1 aliphatic rings. The quantitative estimate of drug-likeness (QED) is 0.709. The van der Waals surface area contributed by atoms with Gasteiger partial charge in [-0.25, -0.2) is 8.42 Å². The van der Waals surface area contributed by atoms with Crippen molar-refractivity contribution in [3.63, 3.8) is 0 Å². The minimum absolute atomic E-state index is 0.103. The van der Waals surface area contributed by atoms with Crippen LogP contribution in [-0.2, 0) is 10.0 Å². The third-order valence-electron chi connectivity index (χ3n) is 5.81. The van der Waals surface area contributed by atoms with E-state index in [1.165, 1.54) is 22.5 Å². The van der Waals surface area contributed by atoms with E-state index in [0.29, 0.717) is 19.0 Å². The Bertz CT molecular complexity index is 1040. The number of rotatable bonds is 5. The van der Waals surface area contributed by atoms with Gasteiger partial charge in [-0.15, -0.1) is 0 Å². The fourth-order valence-electron chi connectivity index (χ4n) is 3.79. The molecule has 1 fully saturated rings. The van der Waals surface area contributed by atoms with Crippen LogP contribution in [0.15, 0.2) is 41.3 Å². The maximum Gasteiger partial charge on any atom is 0.253 e. The third-order valence-corrected chi connectivity index (χ3v) is 8.04. The van der Waals surface area contributed by atoms with Crippen molar-refractivity contribution < 1.29 is 13.2 Å². The van der Waals surface area contributed by atoms with Crippen molar-refractivity contribution in [3.05, 3.63) is 63.7 Å². The molecule has 2 aromatic rings. The van der Waals surface area contributed by atoms with Gasteiger partial charge in [0.05, 0.1) is 21.5 Å². The summed E-state index contributed by atoms with van der Waals surface area (Å²) >= 11 is 6.26. The summed E-state index contributed by atoms with van der Waals surface area (Å²) in [7, 11) is -3.66. The van der Waals surface area contributed by atoms with E-state index in [1.54, 1.807) is 0 Å². The number of piperidine rings is 1. The number of carbonyl (C=O) groups excluding carboxylic acids is 1. The zero-order chi connectivity index (χ0) is 22.1. The Morgan fingerprint density at radius 3 is 2.47 bits per heavy atom. The van der Waals surface area contributed by atoms with Crippen LogP contribution >= 0.6 is 11.6 Å². The van der Waals surface area contributed by atoms with Crippen molar-refractivity contribution >= 4 is 27.5 Å². The van der Waals surface area contributed by atoms with E-state index >= 15 is 0 Å². The van der Waals surface area contributed by atoms with Crippen molar-refractivity contribution in [2.24, 2.45) is 5.92 Å². The molecule has 0 aromatic heterocycles. The highest BCUT2D eigenvalue weighted by molar-refractivity contribution is 7.89. The van der Waals surface area contributed by atoms with Crippen molar-refractivity contribution in [2.45, 2.75) is 51.5 Å². The van der Waals surface area contributed by atoms with Gasteiger partial charge in [0.2, 0.25) is 10.0 Å². The molecule has 1 amide bonds. The lowest BCUT2D eigenvalue weighted by Gasteiger charge is -2.29. The molecule has 1 saturated heterocycles. The molecule has 0 radical (unpaired) electrons. The second kappa shape index (κ2) is 9.08. The van der Waals surface area contributed by atoms with Crippen LogP contribution in [0.25, 0.3) is 0 Å². The predicted octanol–water partition coefficient (Wildman–Crippen LogP) is 4.87. The first kappa shape index (κ1) is 22.8. The Hall–Kier alpha value is -1.89. The standard InChI is InChI=1S/C23H29ClN2O3S/c1-15-9-11-26(12-10-15)30(28,29)19-7-8-22(24)21(14-19)23(27)25-18(4)20-13-16(2)5-6-17(20)3/h5-8,13-15,18H,9-12H2,1-4H3,(H,25,27)/t18-/m0/s1. The monoisotopic (exact) mass is 448 g/mol. The van der Waals surface area contributed by atoms with Crippen LogP contribution in [0.2, 0.25) is 5.02 Å². The first-order valence-corrected chi connectivity index (χ1v) is 12.1. The van der Waals surface area contributed by atoms with Crippen LogP contribution in [-0.4, -0.2) is 31.7 Å². The molecule has 162 valence electrons. The van der Waals surface area contributed by atoms with Crippen LogP contribution in [0.4, 0.5) is 0 Å². The number of aryl methyl sites for hydroxylation is 2. The second-order valence-electron chi connectivity index (χ2n) is 8.28. The molecule has 0 bridgehead atoms. The van der Waals surface area contributed by atoms with Gasteiger partial charge in [-0.3, -0.25) is 4.79 Å². The van der Waals surface area contributed by atoms with Gasteiger partial charge in [0.25, 0.3) is 5.91 Å². The van der Waals surface area contributed by atoms with E-state index in [1.807, 2.05) is 39.0 Å². The van der Waals surface area contributed by atoms with E-state index < -0.39 is 15.9 Å². The van der Waals surface area contributed by atoms with Gasteiger partial charge < -0.3 is 5.32 Å². The van der Waals surface area contributed by atoms with E-state index in [4.69, 9.17) is 11.6 Å². The zero-order valence-electron chi connectivity index (χ0n) is 17.9. The molecule has 0 aliphatic carbocycles. The molecule has 2 aromatic carbocycles. The Morgan fingerprint density at radius 1 is 1.13 bits per heavy atom. The molecular formula is C23H29ClN2O3S. The number of benzene rings is 2. The number of halogens is 1. The van der Waals surface area contributed by atoms with Gasteiger partial charge in [0.1, 0.15) is 0 Å². The molecule has 1 atom stereocenters. The molecule has 0 unspecified atom stereocenters. The number of nitrogens with zero attached hydrogens (tertiary/aromatic N) is 1. The van der Waals surface area contributed by atoms with Crippen LogP contribution in [0, 0.1) is 19.8 Å². The first-order chi connectivity index (χ1) is 14.1. The van der Waals surface area contributed by atoms with E-state index in [9.17, 15) is 13.2 Å². The Morgan fingerprint density at radius 2 is 1.80 bits per heavy atom. The number of nitrogens with one attached hydrogen (secondary N) is 1. The summed E-state index contributed by atoms with van der Waals surface area (Å²) in [6.45, 7) is 9.03. The van der Waals surface area contributed by atoms with Gasteiger partial charge in [0, 0.05) is 13.1 Å². The van der Waals surface area contributed by atoms with Crippen LogP contribution in [0.1, 0.15) is 59.8 Å². The minimum atomic E-state index is -3.66. The molecule has 3 rings (SSSR count). The molecule has 0 saturated carbocycles. The lowest BCUT2D eigenvalue weighted by molar-refractivity contribution is 0.0939. The lowest BCUT2D eigenvalue weighted by Crippen LogP contribution is -2.38. The summed E-state index contributed by atoms with van der Waals surface area (Å²) < 4.78 is 27.6. The Kier molecular flexibility index (Phi) is 6.90. The minimum Gasteiger partial charge on any atom is -0.345 e. The van der Waals surface area contributed by atoms with Gasteiger partial charge in [0.15, 0.2) is 0 Å². The van der Waals surface area contributed by atoms with Gasteiger partial charge >= 0.3 is 0 Å². The normalized spacial score (nSPS) is 17.0. The molecule has 1 aliphatic heterocycles. The second-order valence-corrected chi connectivity index (χ2v) is 10.6. The molecule has 30 heavy (non-hydrogen) atoms. The Balaban J connectivity index is 1.84. The number of amides is 1. The van der Waals surface area contributed by atoms with Crippen molar-refractivity contribution in [1.82, 2.24) is 9.62 Å². The fraction of sp³-hybridized carbons (Fsp3) is 0.435. The summed E-state index contributed by atoms with van der Waals surface area (Å²) in [5.74, 6) is 0.132. The van der Waals surface area contributed by atoms with Crippen LogP contribution in [0.3, 0.4) is 0 Å². The SMILES string of the molecule is Cc1ccc(C)c([C@H](C)NC(=O)c2cc(S(=O)(=O)N3CCC(C)CC3)ccc2Cl)c1. The van der Waals surface area contributed by atoms with Gasteiger partial charge in [-0.1, -0.05) is 42.3 Å². The third kappa shape index (κ3) is 4.88. The Labute approximate surface area is 184 Å². The van der Waals surface area contributed by atoms with E-state index in [0.717, 1.165) is 29.5 Å². The highest BCUT2D eigenvalue weighted by atomic mass is 35.5. The summed E-state index contributed by atoms with van der Waals surface area (Å²) in [6.07, 6.45) is 1.68. The van der Waals surface area contributed by atoms with Crippen LogP contribution < -0.4 is 5.32 Å². The summed E-state index contributed by atoms with van der Waals surface area (Å²) in [5, 5.41) is 3.18. The number of carbonyl (C=O) groups is 1. The number of hydrogen-bond donors (Lipinski definition) is 1. The molecule has 5 nitrogen and oxygen atoms in total. The van der Waals surface area contributed by atoms with E-state index in [2.05, 4.69) is 12.2 Å². The summed E-state index contributed by atoms with van der Waals surface area (Å²) in [4.78, 5) is 13.0. The fourth-order valence-corrected chi connectivity index (χ4v) is 5.49. The highest BCUT2D eigenvalue weighted by Crippen LogP contribution is 2.27. The lowest BCUT2D eigenvalue weighted by atomic mass is 10.00. The molecule has 7 heteroatoms. The molecule has 1 N–H and O–H groups in total. The van der Waals surface area contributed by atoms with Gasteiger partial charge in [-0.2, -0.15) is 4.31 Å². The van der Waals surface area contributed by atoms with Crippen LogP contribution in [0.5, 0.6) is 0 Å². The summed E-state index contributed by atoms with van der Waals surface area (Å²) in [5.41, 5.74) is 3.37. The van der Waals surface area contributed by atoms with Crippen molar-refractivity contribution in [2.75, 3.05) is 13.1 Å². The topological polar surface area (TPSA) is 66.5 Å². The maximum absolute atomic E-state index is 13.1. The van der Waals surface area contributed by atoms with Crippen molar-refractivity contribution in [1.29, 1.82) is 0 Å². The van der Waals surface area contributed by atoms with Crippen molar-refractivity contribution in [3.8, 4) is 0 Å². The first-order valence-electron chi connectivity index (χ1n) is 10.3. The highest BCUT2D eigenvalue weighted by Gasteiger charge is 2.29. The average Bonchev–Trinajstić information content (AvgIpc) is 2.70. The largest absolute Gasteiger partial charge is 0.345 e. The molecular weight excluding hydrogens is 420 g/mol. The van der Waals surface area contributed by atoms with E-state index in [-0.39, 0.29) is 21.5 Å². The zero-order valence-corrected chi connectivity index (χ0v) is 19.5. The van der Waals surface area contributed by atoms with Gasteiger partial charge in [-0.05, 0) is 68.9 Å². The number of sulfonamides is 1. The molecule has 0 spiro atoms.